The number of hydrogen-bond acceptors (Lipinski definition) is 5. The lowest BCUT2D eigenvalue weighted by atomic mass is 10.2. The van der Waals surface area contributed by atoms with Crippen LogP contribution in [0, 0.1) is 0 Å². The minimum absolute atomic E-state index is 0.132. The Hall–Kier alpha value is -2.48. The van der Waals surface area contributed by atoms with E-state index in [0.29, 0.717) is 25.5 Å². The molecule has 8 nitrogen and oxygen atoms in total. The van der Waals surface area contributed by atoms with Crippen molar-refractivity contribution in [1.82, 2.24) is 25.1 Å². The molecular weight excluding hydrogens is 286 g/mol. The van der Waals surface area contributed by atoms with Gasteiger partial charge in [0.25, 0.3) is 11.5 Å². The van der Waals surface area contributed by atoms with Crippen molar-refractivity contribution in [2.45, 2.75) is 19.4 Å². The number of H-pyrrole nitrogens is 2. The number of pyridine rings is 1. The van der Waals surface area contributed by atoms with Gasteiger partial charge in [0.05, 0.1) is 13.2 Å². The zero-order chi connectivity index (χ0) is 15.5. The van der Waals surface area contributed by atoms with Crippen LogP contribution in [0.25, 0.3) is 0 Å². The second-order valence-corrected chi connectivity index (χ2v) is 5.02. The van der Waals surface area contributed by atoms with Gasteiger partial charge in [-0.3, -0.25) is 14.7 Å². The van der Waals surface area contributed by atoms with Crippen molar-refractivity contribution in [1.29, 1.82) is 0 Å². The maximum atomic E-state index is 12.5. The number of rotatable bonds is 3. The molecule has 0 bridgehead atoms. The maximum Gasteiger partial charge on any atom is 0.260 e. The Morgan fingerprint density at radius 2 is 2.41 bits per heavy atom. The number of amides is 1. The highest BCUT2D eigenvalue weighted by Crippen LogP contribution is 2.20. The molecule has 0 aromatic carbocycles. The van der Waals surface area contributed by atoms with Crippen molar-refractivity contribution in [3.8, 4) is 0 Å². The Labute approximate surface area is 126 Å². The van der Waals surface area contributed by atoms with Crippen molar-refractivity contribution in [3.05, 3.63) is 45.9 Å². The van der Waals surface area contributed by atoms with E-state index in [1.807, 2.05) is 6.92 Å². The van der Waals surface area contributed by atoms with Gasteiger partial charge in [-0.25, -0.2) is 4.98 Å². The maximum absolute atomic E-state index is 12.5. The predicted molar refractivity (Wildman–Crippen MR) is 77.4 cm³/mol. The fraction of sp³-hybridized carbons (Fsp3) is 0.429. The summed E-state index contributed by atoms with van der Waals surface area (Å²) < 4.78 is 5.64. The Morgan fingerprint density at radius 1 is 1.55 bits per heavy atom. The van der Waals surface area contributed by atoms with Crippen LogP contribution >= 0.6 is 0 Å². The van der Waals surface area contributed by atoms with Gasteiger partial charge in [0.15, 0.2) is 5.82 Å². The molecule has 0 spiro atoms. The number of aryl methyl sites for hydroxylation is 1. The quantitative estimate of drug-likeness (QED) is 0.847. The third kappa shape index (κ3) is 2.77. The van der Waals surface area contributed by atoms with E-state index < -0.39 is 0 Å². The van der Waals surface area contributed by atoms with Gasteiger partial charge in [-0.05, 0) is 12.1 Å². The zero-order valence-electron chi connectivity index (χ0n) is 12.2. The first-order valence-corrected chi connectivity index (χ1v) is 7.18. The number of aromatic amines is 2. The number of carbonyl (C=O) groups excluding carboxylic acids is 1. The molecule has 116 valence electrons. The summed E-state index contributed by atoms with van der Waals surface area (Å²) in [6.45, 7) is 3.13. The largest absolute Gasteiger partial charge is 0.366 e. The van der Waals surface area contributed by atoms with E-state index in [0.717, 1.165) is 12.2 Å². The van der Waals surface area contributed by atoms with Gasteiger partial charge in [0.2, 0.25) is 0 Å². The van der Waals surface area contributed by atoms with Crippen LogP contribution in [0.15, 0.2) is 23.1 Å². The third-order valence-corrected chi connectivity index (χ3v) is 3.57. The summed E-state index contributed by atoms with van der Waals surface area (Å²) in [5, 5.41) is 6.97. The molecule has 1 aliphatic rings. The van der Waals surface area contributed by atoms with Crippen LogP contribution in [0.4, 0.5) is 0 Å². The van der Waals surface area contributed by atoms with Crippen molar-refractivity contribution >= 4 is 5.91 Å². The number of carbonyl (C=O) groups is 1. The fourth-order valence-electron chi connectivity index (χ4n) is 2.36. The first-order valence-electron chi connectivity index (χ1n) is 7.18. The van der Waals surface area contributed by atoms with Crippen LogP contribution in [0.3, 0.4) is 0 Å². The van der Waals surface area contributed by atoms with Gasteiger partial charge in [-0.2, -0.15) is 5.10 Å². The highest BCUT2D eigenvalue weighted by atomic mass is 16.5. The van der Waals surface area contributed by atoms with Gasteiger partial charge in [-0.1, -0.05) is 6.92 Å². The van der Waals surface area contributed by atoms with Crippen molar-refractivity contribution in [2.75, 3.05) is 19.7 Å². The number of aromatic nitrogens is 4. The van der Waals surface area contributed by atoms with Gasteiger partial charge in [0.1, 0.15) is 17.5 Å². The molecule has 1 atom stereocenters. The van der Waals surface area contributed by atoms with Crippen LogP contribution < -0.4 is 5.56 Å². The minimum atomic E-state index is -0.387. The van der Waals surface area contributed by atoms with Gasteiger partial charge in [0, 0.05) is 19.2 Å². The minimum Gasteiger partial charge on any atom is -0.366 e. The average molecular weight is 303 g/mol. The highest BCUT2D eigenvalue weighted by molar-refractivity contribution is 5.93. The molecule has 2 aromatic rings. The molecule has 0 aliphatic carbocycles. The standard InChI is InChI=1S/C14H17N5O3/c1-2-11-16-12(18-17-11)10-8-19(6-7-22-10)14(21)9-4-3-5-15-13(9)20/h3-5,10H,2,6-8H2,1H3,(H,15,20)(H,16,17,18)/t10-/m1/s1. The normalized spacial score (nSPS) is 18.4. The van der Waals surface area contributed by atoms with E-state index in [-0.39, 0.29) is 23.1 Å². The lowest BCUT2D eigenvalue weighted by Crippen LogP contribution is -2.44. The van der Waals surface area contributed by atoms with Gasteiger partial charge in [-0.15, -0.1) is 0 Å². The first-order chi connectivity index (χ1) is 10.7. The van der Waals surface area contributed by atoms with Gasteiger partial charge < -0.3 is 14.6 Å². The van der Waals surface area contributed by atoms with Crippen molar-refractivity contribution < 1.29 is 9.53 Å². The predicted octanol–water partition coefficient (Wildman–Crippen LogP) is 0.269. The van der Waals surface area contributed by atoms with E-state index >= 15 is 0 Å². The zero-order valence-corrected chi connectivity index (χ0v) is 12.2. The van der Waals surface area contributed by atoms with Crippen LogP contribution in [-0.2, 0) is 11.2 Å². The molecule has 1 fully saturated rings. The molecule has 0 saturated carbocycles. The van der Waals surface area contributed by atoms with Crippen LogP contribution in [0.1, 0.15) is 35.0 Å². The Bertz CT molecular complexity index is 723. The molecule has 2 aromatic heterocycles. The van der Waals surface area contributed by atoms with E-state index in [1.165, 1.54) is 12.3 Å². The molecule has 3 heterocycles. The van der Waals surface area contributed by atoms with E-state index in [9.17, 15) is 9.59 Å². The lowest BCUT2D eigenvalue weighted by molar-refractivity contribution is -0.0267. The first kappa shape index (κ1) is 14.5. The summed E-state index contributed by atoms with van der Waals surface area (Å²) in [5.41, 5.74) is -0.255. The summed E-state index contributed by atoms with van der Waals surface area (Å²) in [4.78, 5) is 32.6. The summed E-state index contributed by atoms with van der Waals surface area (Å²) in [7, 11) is 0. The monoisotopic (exact) mass is 303 g/mol. The Kier molecular flexibility index (Phi) is 4.01. The average Bonchev–Trinajstić information content (AvgIpc) is 3.04. The van der Waals surface area contributed by atoms with Gasteiger partial charge >= 0.3 is 0 Å². The summed E-state index contributed by atoms with van der Waals surface area (Å²) in [5.74, 6) is 1.01. The molecule has 8 heteroatoms. The number of nitrogens with zero attached hydrogens (tertiary/aromatic N) is 3. The highest BCUT2D eigenvalue weighted by Gasteiger charge is 2.29. The molecular formula is C14H17N5O3. The number of nitrogens with one attached hydrogen (secondary N) is 2. The molecule has 22 heavy (non-hydrogen) atoms. The third-order valence-electron chi connectivity index (χ3n) is 3.57. The molecule has 3 rings (SSSR count). The SMILES string of the molecule is CCc1nc([C@H]2CN(C(=O)c3ccc[nH]c3=O)CCO2)n[nH]1. The molecule has 2 N–H and O–H groups in total. The van der Waals surface area contributed by atoms with Crippen molar-refractivity contribution in [2.24, 2.45) is 0 Å². The van der Waals surface area contributed by atoms with Crippen LogP contribution in [0.5, 0.6) is 0 Å². The van der Waals surface area contributed by atoms with Crippen LogP contribution in [-0.4, -0.2) is 50.7 Å². The number of ether oxygens (including phenoxy) is 1. The summed E-state index contributed by atoms with van der Waals surface area (Å²) in [6.07, 6.45) is 1.88. The topological polar surface area (TPSA) is 104 Å². The number of morpholine rings is 1. The Morgan fingerprint density at radius 3 is 3.14 bits per heavy atom. The summed E-state index contributed by atoms with van der Waals surface area (Å²) in [6, 6.07) is 3.16. The second-order valence-electron chi connectivity index (χ2n) is 5.02. The molecule has 1 amide bonds. The van der Waals surface area contributed by atoms with Crippen molar-refractivity contribution in [3.63, 3.8) is 0 Å². The molecule has 1 aliphatic heterocycles. The van der Waals surface area contributed by atoms with E-state index in [1.54, 1.807) is 11.0 Å². The second kappa shape index (κ2) is 6.10. The van der Waals surface area contributed by atoms with Crippen LogP contribution in [0.2, 0.25) is 0 Å². The summed E-state index contributed by atoms with van der Waals surface area (Å²) >= 11 is 0. The molecule has 1 saturated heterocycles. The lowest BCUT2D eigenvalue weighted by Gasteiger charge is -2.31. The molecule has 0 unspecified atom stereocenters. The molecule has 0 radical (unpaired) electrons. The van der Waals surface area contributed by atoms with E-state index in [2.05, 4.69) is 20.2 Å². The smallest absolute Gasteiger partial charge is 0.260 e. The van der Waals surface area contributed by atoms with E-state index in [4.69, 9.17) is 4.74 Å². The fourth-order valence-corrected chi connectivity index (χ4v) is 2.36. The number of hydrogen-bond donors (Lipinski definition) is 2. The Balaban J connectivity index is 1.77.